The zero-order valence-electron chi connectivity index (χ0n) is 19.0. The number of likely N-dealkylation sites (N-methyl/N-ethyl adjacent to an activating group) is 1. The summed E-state index contributed by atoms with van der Waals surface area (Å²) in [6.07, 6.45) is 0. The highest BCUT2D eigenvalue weighted by Gasteiger charge is 2.24. The highest BCUT2D eigenvalue weighted by Crippen LogP contribution is 2.31. The SMILES string of the molecule is CCN(CC)CCN(C(=O)c1ccc(S(=O)(=O)N(C)C)cc1)c1nc2c(F)cccc2s1.Cl. The molecular weight excluding hydrogens is 487 g/mol. The fourth-order valence-corrected chi connectivity index (χ4v) is 5.13. The molecule has 0 aliphatic carbocycles. The average molecular weight is 515 g/mol. The molecule has 7 nitrogen and oxygen atoms in total. The lowest BCUT2D eigenvalue weighted by Gasteiger charge is -2.24. The molecule has 1 aromatic heterocycles. The number of aromatic nitrogens is 1. The number of carbonyl (C=O) groups excluding carboxylic acids is 1. The van der Waals surface area contributed by atoms with Crippen molar-refractivity contribution >= 4 is 55.0 Å². The van der Waals surface area contributed by atoms with E-state index < -0.39 is 15.8 Å². The number of rotatable bonds is 9. The Labute approximate surface area is 204 Å². The monoisotopic (exact) mass is 514 g/mol. The van der Waals surface area contributed by atoms with Crippen molar-refractivity contribution in [1.82, 2.24) is 14.2 Å². The Morgan fingerprint density at radius 1 is 1.03 bits per heavy atom. The van der Waals surface area contributed by atoms with E-state index in [1.807, 2.05) is 13.8 Å². The average Bonchev–Trinajstić information content (AvgIpc) is 3.22. The van der Waals surface area contributed by atoms with Gasteiger partial charge < -0.3 is 4.90 Å². The second-order valence-electron chi connectivity index (χ2n) is 7.38. The van der Waals surface area contributed by atoms with Crippen LogP contribution in [0.4, 0.5) is 9.52 Å². The third-order valence-electron chi connectivity index (χ3n) is 5.25. The van der Waals surface area contributed by atoms with E-state index in [0.717, 1.165) is 17.4 Å². The molecule has 33 heavy (non-hydrogen) atoms. The molecule has 0 aliphatic heterocycles. The summed E-state index contributed by atoms with van der Waals surface area (Å²) in [5.74, 6) is -0.746. The summed E-state index contributed by atoms with van der Waals surface area (Å²) in [5.41, 5.74) is 0.572. The Hall–Kier alpha value is -2.11. The van der Waals surface area contributed by atoms with Gasteiger partial charge >= 0.3 is 0 Å². The number of sulfonamides is 1. The van der Waals surface area contributed by atoms with Gasteiger partial charge in [-0.1, -0.05) is 31.3 Å². The van der Waals surface area contributed by atoms with E-state index in [1.54, 1.807) is 12.1 Å². The van der Waals surface area contributed by atoms with E-state index >= 15 is 0 Å². The van der Waals surface area contributed by atoms with Gasteiger partial charge in [-0.2, -0.15) is 0 Å². The summed E-state index contributed by atoms with van der Waals surface area (Å²) in [4.78, 5) is 21.6. The van der Waals surface area contributed by atoms with E-state index in [0.29, 0.717) is 28.5 Å². The lowest BCUT2D eigenvalue weighted by molar-refractivity contribution is 0.0983. The van der Waals surface area contributed by atoms with Gasteiger partial charge in [0.15, 0.2) is 5.13 Å². The lowest BCUT2D eigenvalue weighted by Crippen LogP contribution is -2.38. The zero-order chi connectivity index (χ0) is 23.5. The maximum atomic E-state index is 14.2. The Morgan fingerprint density at radius 3 is 2.21 bits per heavy atom. The zero-order valence-corrected chi connectivity index (χ0v) is 21.4. The minimum absolute atomic E-state index is 0. The molecule has 1 amide bonds. The maximum Gasteiger partial charge on any atom is 0.260 e. The van der Waals surface area contributed by atoms with Crippen molar-refractivity contribution in [2.75, 3.05) is 45.2 Å². The summed E-state index contributed by atoms with van der Waals surface area (Å²) in [6.45, 7) is 6.78. The molecule has 3 aromatic rings. The van der Waals surface area contributed by atoms with Crippen LogP contribution in [0, 0.1) is 5.82 Å². The number of amides is 1. The van der Waals surface area contributed by atoms with Gasteiger partial charge in [0.05, 0.1) is 9.60 Å². The fraction of sp³-hybridized carbons (Fsp3) is 0.364. The number of benzene rings is 2. The summed E-state index contributed by atoms with van der Waals surface area (Å²) in [6, 6.07) is 10.6. The maximum absolute atomic E-state index is 14.2. The standard InChI is InChI=1S/C22H27FN4O3S2.ClH/c1-5-26(6-2)14-15-27(22-24-20-18(23)8-7-9-19(20)31-22)21(28)16-10-12-17(13-11-16)32(29,30)25(3)4;/h7-13H,5-6,14-15H2,1-4H3;1H. The topological polar surface area (TPSA) is 73.8 Å². The third kappa shape index (κ3) is 5.88. The summed E-state index contributed by atoms with van der Waals surface area (Å²) >= 11 is 1.25. The predicted octanol–water partition coefficient (Wildman–Crippen LogP) is 4.10. The molecule has 0 radical (unpaired) electrons. The van der Waals surface area contributed by atoms with Crippen LogP contribution in [0.15, 0.2) is 47.4 Å². The smallest absolute Gasteiger partial charge is 0.260 e. The first-order valence-electron chi connectivity index (χ1n) is 10.3. The van der Waals surface area contributed by atoms with Gasteiger partial charge in [-0.25, -0.2) is 22.1 Å². The van der Waals surface area contributed by atoms with Crippen LogP contribution in [0.25, 0.3) is 10.2 Å². The van der Waals surface area contributed by atoms with Crippen molar-refractivity contribution in [3.8, 4) is 0 Å². The van der Waals surface area contributed by atoms with Crippen LogP contribution in [-0.2, 0) is 10.0 Å². The van der Waals surface area contributed by atoms with Crippen molar-refractivity contribution in [2.45, 2.75) is 18.7 Å². The highest BCUT2D eigenvalue weighted by atomic mass is 35.5. The number of fused-ring (bicyclic) bond motifs is 1. The van der Waals surface area contributed by atoms with Gasteiger partial charge in [-0.05, 0) is 49.5 Å². The Kier molecular flexibility index (Phi) is 9.33. The van der Waals surface area contributed by atoms with Crippen molar-refractivity contribution in [2.24, 2.45) is 0 Å². The van der Waals surface area contributed by atoms with Crippen LogP contribution in [0.5, 0.6) is 0 Å². The summed E-state index contributed by atoms with van der Waals surface area (Å²) < 4.78 is 40.6. The van der Waals surface area contributed by atoms with Crippen LogP contribution < -0.4 is 4.90 Å². The van der Waals surface area contributed by atoms with Crippen LogP contribution >= 0.6 is 23.7 Å². The van der Waals surface area contributed by atoms with Crippen molar-refractivity contribution in [3.05, 3.63) is 53.8 Å². The second kappa shape index (κ2) is 11.3. The van der Waals surface area contributed by atoms with Crippen LogP contribution in [0.3, 0.4) is 0 Å². The predicted molar refractivity (Wildman–Crippen MR) is 134 cm³/mol. The molecule has 11 heteroatoms. The summed E-state index contributed by atoms with van der Waals surface area (Å²) in [5, 5.41) is 0.409. The van der Waals surface area contributed by atoms with Gasteiger partial charge in [0, 0.05) is 32.7 Å². The quantitative estimate of drug-likeness (QED) is 0.430. The number of nitrogens with zero attached hydrogens (tertiary/aromatic N) is 4. The molecule has 0 fully saturated rings. The largest absolute Gasteiger partial charge is 0.302 e. The molecule has 2 aromatic carbocycles. The fourth-order valence-electron chi connectivity index (χ4n) is 3.22. The van der Waals surface area contributed by atoms with Gasteiger partial charge in [-0.3, -0.25) is 9.69 Å². The van der Waals surface area contributed by atoms with Crippen LogP contribution in [-0.4, -0.2) is 68.8 Å². The number of thiazole rings is 1. The lowest BCUT2D eigenvalue weighted by atomic mass is 10.2. The first-order valence-corrected chi connectivity index (χ1v) is 12.6. The third-order valence-corrected chi connectivity index (χ3v) is 8.12. The van der Waals surface area contributed by atoms with Crippen molar-refractivity contribution < 1.29 is 17.6 Å². The number of halogens is 2. The van der Waals surface area contributed by atoms with Crippen LogP contribution in [0.1, 0.15) is 24.2 Å². The molecule has 0 aliphatic rings. The first kappa shape index (κ1) is 27.1. The van der Waals surface area contributed by atoms with E-state index in [4.69, 9.17) is 0 Å². The van der Waals surface area contributed by atoms with Crippen LogP contribution in [0.2, 0.25) is 0 Å². The Bertz CT molecular complexity index is 1200. The van der Waals surface area contributed by atoms with Gasteiger partial charge in [0.2, 0.25) is 10.0 Å². The molecule has 0 N–H and O–H groups in total. The van der Waals surface area contributed by atoms with Crippen molar-refractivity contribution in [3.63, 3.8) is 0 Å². The molecule has 0 spiro atoms. The van der Waals surface area contributed by atoms with E-state index in [9.17, 15) is 17.6 Å². The second-order valence-corrected chi connectivity index (χ2v) is 10.5. The van der Waals surface area contributed by atoms with Gasteiger partial charge in [0.1, 0.15) is 11.3 Å². The molecule has 3 rings (SSSR count). The van der Waals surface area contributed by atoms with E-state index in [-0.39, 0.29) is 28.7 Å². The van der Waals surface area contributed by atoms with E-state index in [1.165, 1.54) is 60.7 Å². The molecular formula is C22H28ClFN4O3S2. The normalized spacial score (nSPS) is 11.7. The summed E-state index contributed by atoms with van der Waals surface area (Å²) in [7, 11) is -0.684. The molecule has 0 saturated carbocycles. The van der Waals surface area contributed by atoms with Gasteiger partial charge in [-0.15, -0.1) is 12.4 Å². The number of carbonyl (C=O) groups is 1. The molecule has 1 heterocycles. The molecule has 0 atom stereocenters. The highest BCUT2D eigenvalue weighted by molar-refractivity contribution is 7.89. The Balaban J connectivity index is 0.00000385. The Morgan fingerprint density at radius 2 is 1.67 bits per heavy atom. The van der Waals surface area contributed by atoms with Crippen molar-refractivity contribution in [1.29, 1.82) is 0 Å². The molecule has 0 bridgehead atoms. The number of para-hydroxylation sites is 1. The first-order chi connectivity index (χ1) is 15.2. The number of hydrogen-bond acceptors (Lipinski definition) is 6. The van der Waals surface area contributed by atoms with Gasteiger partial charge in [0.25, 0.3) is 5.91 Å². The molecule has 0 unspecified atom stereocenters. The number of hydrogen-bond donors (Lipinski definition) is 0. The minimum atomic E-state index is -3.59. The van der Waals surface area contributed by atoms with E-state index in [2.05, 4.69) is 9.88 Å². The molecule has 0 saturated heterocycles. The molecule has 180 valence electrons. The number of anilines is 1. The minimum Gasteiger partial charge on any atom is -0.302 e.